The topological polar surface area (TPSA) is 35.1 Å². The summed E-state index contributed by atoms with van der Waals surface area (Å²) < 4.78 is 25.5. The number of alkyl halides is 1. The quantitative estimate of drug-likeness (QED) is 0.720. The summed E-state index contributed by atoms with van der Waals surface area (Å²) in [4.78, 5) is 0.672. The van der Waals surface area contributed by atoms with Gasteiger partial charge in [0.25, 0.3) is 0 Å². The van der Waals surface area contributed by atoms with E-state index in [-0.39, 0.29) is 6.54 Å². The Morgan fingerprint density at radius 3 is 2.58 bits per heavy atom. The number of benzene rings is 1. The van der Waals surface area contributed by atoms with Gasteiger partial charge in [-0.05, 0) is 12.1 Å². The fourth-order valence-electron chi connectivity index (χ4n) is 0.759. The molecule has 0 fully saturated rings. The molecule has 0 radical (unpaired) electrons. The molecule has 0 saturated carbocycles. The smallest absolute Gasteiger partial charge is 0.173 e. The molecule has 4 heteroatoms. The summed E-state index contributed by atoms with van der Waals surface area (Å²) in [7, 11) is 0. The Morgan fingerprint density at radius 2 is 2.00 bits per heavy atom. The van der Waals surface area contributed by atoms with Gasteiger partial charge in [-0.1, -0.05) is 18.2 Å². The monoisotopic (exact) mass is 187 g/mol. The minimum Gasteiger partial charge on any atom is -0.593 e. The van der Waals surface area contributed by atoms with Gasteiger partial charge in [-0.15, -0.1) is 4.72 Å². The summed E-state index contributed by atoms with van der Waals surface area (Å²) in [5, 5.41) is 0. The van der Waals surface area contributed by atoms with Crippen molar-refractivity contribution in [3.8, 4) is 0 Å². The van der Waals surface area contributed by atoms with Crippen molar-refractivity contribution in [1.29, 1.82) is 0 Å². The van der Waals surface area contributed by atoms with Crippen molar-refractivity contribution in [2.24, 2.45) is 0 Å². The fourth-order valence-corrected chi connectivity index (χ4v) is 1.59. The van der Waals surface area contributed by atoms with Crippen LogP contribution in [0.4, 0.5) is 4.39 Å². The maximum absolute atomic E-state index is 11.7. The predicted molar refractivity (Wildman–Crippen MR) is 46.8 cm³/mol. The van der Waals surface area contributed by atoms with Gasteiger partial charge in [0.05, 0.1) is 17.9 Å². The molecule has 1 atom stereocenters. The highest BCUT2D eigenvalue weighted by Crippen LogP contribution is 2.06. The highest BCUT2D eigenvalue weighted by atomic mass is 32.2. The SMILES string of the molecule is [O-][S+](NCCF)c1ccccc1. The minimum atomic E-state index is -1.27. The summed E-state index contributed by atoms with van der Waals surface area (Å²) >= 11 is -1.27. The first-order valence-corrected chi connectivity index (χ1v) is 4.76. The molecule has 1 rings (SSSR count). The second kappa shape index (κ2) is 5.13. The highest BCUT2D eigenvalue weighted by molar-refractivity contribution is 7.89. The second-order valence-corrected chi connectivity index (χ2v) is 3.46. The average Bonchev–Trinajstić information content (AvgIpc) is 2.15. The van der Waals surface area contributed by atoms with Crippen molar-refractivity contribution >= 4 is 11.4 Å². The van der Waals surface area contributed by atoms with E-state index in [4.69, 9.17) is 0 Å². The van der Waals surface area contributed by atoms with Gasteiger partial charge in [-0.25, -0.2) is 4.39 Å². The van der Waals surface area contributed by atoms with Gasteiger partial charge in [0.1, 0.15) is 6.67 Å². The number of rotatable bonds is 4. The molecule has 0 aliphatic rings. The normalized spacial score (nSPS) is 12.8. The van der Waals surface area contributed by atoms with E-state index in [0.717, 1.165) is 0 Å². The lowest BCUT2D eigenvalue weighted by atomic mass is 10.4. The Hall–Kier alpha value is -0.580. The molecule has 0 aromatic heterocycles. The Labute approximate surface area is 74.1 Å². The van der Waals surface area contributed by atoms with E-state index in [1.165, 1.54) is 0 Å². The number of nitrogens with one attached hydrogen (secondary N) is 1. The highest BCUT2D eigenvalue weighted by Gasteiger charge is 2.07. The van der Waals surface area contributed by atoms with Gasteiger partial charge in [0.2, 0.25) is 0 Å². The summed E-state index contributed by atoms with van der Waals surface area (Å²) in [6, 6.07) is 8.91. The molecule has 2 nitrogen and oxygen atoms in total. The van der Waals surface area contributed by atoms with Crippen LogP contribution in [0.3, 0.4) is 0 Å². The summed E-state index contributed by atoms with van der Waals surface area (Å²) in [6.07, 6.45) is 0. The maximum Gasteiger partial charge on any atom is 0.173 e. The van der Waals surface area contributed by atoms with Gasteiger partial charge < -0.3 is 4.55 Å². The molecule has 1 N–H and O–H groups in total. The lowest BCUT2D eigenvalue weighted by Gasteiger charge is -2.08. The first kappa shape index (κ1) is 9.51. The van der Waals surface area contributed by atoms with E-state index in [1.54, 1.807) is 24.3 Å². The Kier molecular flexibility index (Phi) is 4.07. The van der Waals surface area contributed by atoms with Crippen LogP contribution in [0.15, 0.2) is 35.2 Å². The van der Waals surface area contributed by atoms with Crippen LogP contribution < -0.4 is 4.72 Å². The molecule has 1 aromatic carbocycles. The molecule has 0 saturated heterocycles. The van der Waals surface area contributed by atoms with Crippen LogP contribution in [0, 0.1) is 0 Å². The lowest BCUT2D eigenvalue weighted by molar-refractivity contribution is 0.486. The molecule has 0 spiro atoms. The lowest BCUT2D eigenvalue weighted by Crippen LogP contribution is -2.25. The van der Waals surface area contributed by atoms with Crippen LogP contribution in [0.5, 0.6) is 0 Å². The molecule has 1 aromatic rings. The van der Waals surface area contributed by atoms with Gasteiger partial charge in [-0.2, -0.15) is 0 Å². The zero-order valence-corrected chi connectivity index (χ0v) is 7.31. The molecule has 0 aliphatic heterocycles. The van der Waals surface area contributed by atoms with Crippen LogP contribution in [-0.2, 0) is 11.4 Å². The zero-order valence-electron chi connectivity index (χ0n) is 6.50. The van der Waals surface area contributed by atoms with Gasteiger partial charge >= 0.3 is 0 Å². The van der Waals surface area contributed by atoms with E-state index < -0.39 is 18.0 Å². The van der Waals surface area contributed by atoms with Crippen LogP contribution in [0.25, 0.3) is 0 Å². The predicted octanol–water partition coefficient (Wildman–Crippen LogP) is 1.27. The third-order valence-corrected chi connectivity index (χ3v) is 2.45. The average molecular weight is 187 g/mol. The van der Waals surface area contributed by atoms with Crippen LogP contribution >= 0.6 is 0 Å². The Bertz CT molecular complexity index is 220. The molecule has 0 heterocycles. The zero-order chi connectivity index (χ0) is 8.81. The molecular formula is C8H10FNOS. The molecule has 12 heavy (non-hydrogen) atoms. The van der Waals surface area contributed by atoms with Gasteiger partial charge in [0.15, 0.2) is 4.90 Å². The number of halogens is 1. The standard InChI is InChI=1S/C8H10FNOS/c9-6-7-10-12(11)8-4-2-1-3-5-8/h1-5,10H,6-7H2. The van der Waals surface area contributed by atoms with Crippen molar-refractivity contribution in [3.63, 3.8) is 0 Å². The van der Waals surface area contributed by atoms with E-state index >= 15 is 0 Å². The first-order valence-electron chi connectivity index (χ1n) is 3.61. The third-order valence-electron chi connectivity index (χ3n) is 1.28. The molecule has 0 aliphatic carbocycles. The van der Waals surface area contributed by atoms with Crippen molar-refractivity contribution in [3.05, 3.63) is 30.3 Å². The molecule has 66 valence electrons. The van der Waals surface area contributed by atoms with Crippen LogP contribution in [-0.4, -0.2) is 17.8 Å². The van der Waals surface area contributed by atoms with Gasteiger partial charge in [0, 0.05) is 0 Å². The largest absolute Gasteiger partial charge is 0.593 e. The Balaban J connectivity index is 2.48. The fraction of sp³-hybridized carbons (Fsp3) is 0.250. The molecule has 1 unspecified atom stereocenters. The second-order valence-electron chi connectivity index (χ2n) is 2.17. The van der Waals surface area contributed by atoms with Crippen LogP contribution in [0.2, 0.25) is 0 Å². The summed E-state index contributed by atoms with van der Waals surface area (Å²) in [6.45, 7) is -0.375. The number of hydrogen-bond acceptors (Lipinski definition) is 2. The maximum atomic E-state index is 11.7. The Morgan fingerprint density at radius 1 is 1.33 bits per heavy atom. The van der Waals surface area contributed by atoms with Crippen molar-refractivity contribution in [2.45, 2.75) is 4.90 Å². The van der Waals surface area contributed by atoms with E-state index in [9.17, 15) is 8.94 Å². The van der Waals surface area contributed by atoms with Crippen molar-refractivity contribution in [2.75, 3.05) is 13.2 Å². The van der Waals surface area contributed by atoms with Crippen LogP contribution in [0.1, 0.15) is 0 Å². The van der Waals surface area contributed by atoms with E-state index in [2.05, 4.69) is 4.72 Å². The van der Waals surface area contributed by atoms with E-state index in [1.807, 2.05) is 6.07 Å². The minimum absolute atomic E-state index is 0.126. The molecule has 0 bridgehead atoms. The van der Waals surface area contributed by atoms with Crippen molar-refractivity contribution < 1.29 is 8.94 Å². The van der Waals surface area contributed by atoms with E-state index in [0.29, 0.717) is 4.90 Å². The molecule has 0 amide bonds. The summed E-state index contributed by atoms with van der Waals surface area (Å²) in [5.74, 6) is 0. The number of hydrogen-bond donors (Lipinski definition) is 1. The van der Waals surface area contributed by atoms with Gasteiger partial charge in [-0.3, -0.25) is 0 Å². The molecular weight excluding hydrogens is 177 g/mol. The first-order chi connectivity index (χ1) is 5.84. The summed E-state index contributed by atoms with van der Waals surface area (Å²) in [5.41, 5.74) is 0. The third kappa shape index (κ3) is 2.81. The van der Waals surface area contributed by atoms with Crippen molar-refractivity contribution in [1.82, 2.24) is 4.72 Å².